The molecule has 0 spiro atoms. The maximum atomic E-state index is 13.8. The van der Waals surface area contributed by atoms with E-state index in [1.54, 1.807) is 6.92 Å². The first-order chi connectivity index (χ1) is 12.0. The quantitative estimate of drug-likeness (QED) is 0.291. The van der Waals surface area contributed by atoms with Crippen LogP contribution in [0.2, 0.25) is 0 Å². The lowest BCUT2D eigenvalue weighted by Gasteiger charge is -2.19. The van der Waals surface area contributed by atoms with Crippen LogP contribution in [0.3, 0.4) is 0 Å². The van der Waals surface area contributed by atoms with Gasteiger partial charge in [-0.05, 0) is 13.3 Å². The summed E-state index contributed by atoms with van der Waals surface area (Å²) in [6.07, 6.45) is 9.39. The second kappa shape index (κ2) is 16.8. The van der Waals surface area contributed by atoms with E-state index in [2.05, 4.69) is 11.7 Å². The molecule has 2 N–H and O–H groups in total. The normalized spacial score (nSPS) is 14.9. The second-order valence-electron chi connectivity index (χ2n) is 6.88. The molecule has 0 aliphatic rings. The predicted molar refractivity (Wildman–Crippen MR) is 99.2 cm³/mol. The topological polar surface area (TPSA) is 66.8 Å². The molecule has 0 amide bonds. The summed E-state index contributed by atoms with van der Waals surface area (Å²) in [7, 11) is 0. The molecule has 3 atom stereocenters. The van der Waals surface area contributed by atoms with E-state index in [0.717, 1.165) is 12.8 Å². The van der Waals surface area contributed by atoms with Crippen LogP contribution in [0.25, 0.3) is 0 Å². The minimum absolute atomic E-state index is 0.0955. The van der Waals surface area contributed by atoms with Gasteiger partial charge in [0.05, 0.1) is 6.61 Å². The Bertz CT molecular complexity index is 312. The van der Waals surface area contributed by atoms with Gasteiger partial charge < -0.3 is 14.9 Å². The first kappa shape index (κ1) is 24.3. The minimum atomic E-state index is -1.80. The molecule has 0 bridgehead atoms. The number of aliphatic hydroxyl groups excluding tert-OH is 2. The van der Waals surface area contributed by atoms with Gasteiger partial charge in [-0.1, -0.05) is 84.0 Å². The van der Waals surface area contributed by atoms with Crippen molar-refractivity contribution in [3.8, 4) is 0 Å². The van der Waals surface area contributed by atoms with Crippen molar-refractivity contribution in [2.75, 3.05) is 6.61 Å². The Morgan fingerprint density at radius 2 is 1.28 bits per heavy atom. The smallest absolute Gasteiger partial charge is 0.337 e. The number of carbonyl (C=O) groups excluding carboxylic acids is 1. The van der Waals surface area contributed by atoms with Crippen LogP contribution in [-0.2, 0) is 9.53 Å². The zero-order valence-corrected chi connectivity index (χ0v) is 16.2. The van der Waals surface area contributed by atoms with Crippen molar-refractivity contribution in [1.29, 1.82) is 0 Å². The van der Waals surface area contributed by atoms with E-state index in [-0.39, 0.29) is 13.0 Å². The van der Waals surface area contributed by atoms with Crippen molar-refractivity contribution in [2.45, 2.75) is 116 Å². The molecule has 0 saturated carbocycles. The summed E-state index contributed by atoms with van der Waals surface area (Å²) in [6, 6.07) is 0. The van der Waals surface area contributed by atoms with Crippen molar-refractivity contribution in [2.24, 2.45) is 0 Å². The molecule has 150 valence electrons. The molecule has 0 aromatic rings. The van der Waals surface area contributed by atoms with Crippen LogP contribution in [0.5, 0.6) is 0 Å². The fourth-order valence-electron chi connectivity index (χ4n) is 2.92. The zero-order chi connectivity index (χ0) is 18.9. The van der Waals surface area contributed by atoms with E-state index in [4.69, 9.17) is 0 Å². The predicted octanol–water partition coefficient (Wildman–Crippen LogP) is 4.70. The Kier molecular flexibility index (Phi) is 16.3. The van der Waals surface area contributed by atoms with Crippen molar-refractivity contribution in [3.05, 3.63) is 0 Å². The summed E-state index contributed by atoms with van der Waals surface area (Å²) in [4.78, 5) is 11.3. The van der Waals surface area contributed by atoms with Crippen LogP contribution in [0.4, 0.5) is 4.39 Å². The summed E-state index contributed by atoms with van der Waals surface area (Å²) in [5.41, 5.74) is 0. The SMILES string of the molecule is CCCCCCCCCCCCCC[C@H](F)[C@H](O)[C@@H](O)C(=O)OCC. The van der Waals surface area contributed by atoms with Crippen LogP contribution in [0.1, 0.15) is 97.3 Å². The molecule has 0 unspecified atom stereocenters. The maximum Gasteiger partial charge on any atom is 0.337 e. The summed E-state index contributed by atoms with van der Waals surface area (Å²) in [5, 5.41) is 19.1. The van der Waals surface area contributed by atoms with Gasteiger partial charge in [0, 0.05) is 0 Å². The molecule has 0 fully saturated rings. The van der Waals surface area contributed by atoms with E-state index in [9.17, 15) is 19.4 Å². The Hall–Kier alpha value is -0.680. The molecule has 25 heavy (non-hydrogen) atoms. The first-order valence-electron chi connectivity index (χ1n) is 10.2. The number of aliphatic hydroxyl groups is 2. The molecular formula is C20H39FO4. The number of ether oxygens (including phenoxy) is 1. The van der Waals surface area contributed by atoms with Gasteiger partial charge in [-0.25, -0.2) is 9.18 Å². The van der Waals surface area contributed by atoms with Gasteiger partial charge >= 0.3 is 5.97 Å². The lowest BCUT2D eigenvalue weighted by molar-refractivity contribution is -0.162. The molecule has 4 nitrogen and oxygen atoms in total. The summed E-state index contributed by atoms with van der Waals surface area (Å²) in [5.74, 6) is -0.965. The lowest BCUT2D eigenvalue weighted by Crippen LogP contribution is -2.41. The monoisotopic (exact) mass is 362 g/mol. The van der Waals surface area contributed by atoms with Gasteiger partial charge in [0.25, 0.3) is 0 Å². The number of rotatable bonds is 17. The van der Waals surface area contributed by atoms with Gasteiger partial charge in [-0.2, -0.15) is 0 Å². The molecule has 0 aliphatic heterocycles. The standard InChI is InChI=1S/C20H39FO4/c1-3-5-6-7-8-9-10-11-12-13-14-15-16-17(21)18(22)19(23)20(24)25-4-2/h17-19,22-23H,3-16H2,1-2H3/t17-,18-,19+/m0/s1. The zero-order valence-electron chi connectivity index (χ0n) is 16.2. The van der Waals surface area contributed by atoms with Gasteiger partial charge in [0.15, 0.2) is 6.10 Å². The van der Waals surface area contributed by atoms with Crippen molar-refractivity contribution < 1.29 is 24.1 Å². The highest BCUT2D eigenvalue weighted by molar-refractivity contribution is 5.75. The third kappa shape index (κ3) is 13.2. The highest BCUT2D eigenvalue weighted by Gasteiger charge is 2.32. The number of alkyl halides is 1. The van der Waals surface area contributed by atoms with Crippen LogP contribution in [0, 0.1) is 0 Å². The van der Waals surface area contributed by atoms with Gasteiger partial charge in [0.2, 0.25) is 0 Å². The highest BCUT2D eigenvalue weighted by Crippen LogP contribution is 2.16. The van der Waals surface area contributed by atoms with E-state index in [1.165, 1.54) is 57.8 Å². The molecular weight excluding hydrogens is 323 g/mol. The number of unbranched alkanes of at least 4 members (excludes halogenated alkanes) is 11. The molecule has 0 aromatic carbocycles. The molecule has 0 saturated heterocycles. The van der Waals surface area contributed by atoms with Crippen LogP contribution in [0.15, 0.2) is 0 Å². The third-order valence-corrected chi connectivity index (χ3v) is 4.56. The molecule has 0 radical (unpaired) electrons. The van der Waals surface area contributed by atoms with E-state index < -0.39 is 24.3 Å². The van der Waals surface area contributed by atoms with Gasteiger partial charge in [0.1, 0.15) is 12.3 Å². The van der Waals surface area contributed by atoms with E-state index in [1.807, 2.05) is 0 Å². The van der Waals surface area contributed by atoms with Crippen molar-refractivity contribution >= 4 is 5.97 Å². The highest BCUT2D eigenvalue weighted by atomic mass is 19.1. The molecule has 5 heteroatoms. The molecule has 0 aliphatic carbocycles. The Labute approximate surface area is 153 Å². The fraction of sp³-hybridized carbons (Fsp3) is 0.950. The molecule has 0 heterocycles. The number of hydrogen-bond donors (Lipinski definition) is 2. The average Bonchev–Trinajstić information content (AvgIpc) is 2.61. The number of halogens is 1. The number of carbonyl (C=O) groups is 1. The lowest BCUT2D eigenvalue weighted by atomic mass is 10.0. The Morgan fingerprint density at radius 1 is 0.840 bits per heavy atom. The van der Waals surface area contributed by atoms with Gasteiger partial charge in [-0.15, -0.1) is 0 Å². The maximum absolute atomic E-state index is 13.8. The average molecular weight is 363 g/mol. The summed E-state index contributed by atoms with van der Waals surface area (Å²) < 4.78 is 18.4. The van der Waals surface area contributed by atoms with Crippen molar-refractivity contribution in [1.82, 2.24) is 0 Å². The summed E-state index contributed by atoms with van der Waals surface area (Å²) in [6.45, 7) is 3.92. The van der Waals surface area contributed by atoms with Crippen LogP contribution >= 0.6 is 0 Å². The van der Waals surface area contributed by atoms with Gasteiger partial charge in [-0.3, -0.25) is 0 Å². The van der Waals surface area contributed by atoms with Crippen LogP contribution in [-0.4, -0.2) is 41.2 Å². The third-order valence-electron chi connectivity index (χ3n) is 4.56. The van der Waals surface area contributed by atoms with Crippen molar-refractivity contribution in [3.63, 3.8) is 0 Å². The summed E-state index contributed by atoms with van der Waals surface area (Å²) >= 11 is 0. The number of esters is 1. The Morgan fingerprint density at radius 3 is 1.72 bits per heavy atom. The second-order valence-corrected chi connectivity index (χ2v) is 6.88. The molecule has 0 rings (SSSR count). The minimum Gasteiger partial charge on any atom is -0.464 e. The fourth-order valence-corrected chi connectivity index (χ4v) is 2.92. The largest absolute Gasteiger partial charge is 0.464 e. The van der Waals surface area contributed by atoms with Crippen LogP contribution < -0.4 is 0 Å². The van der Waals surface area contributed by atoms with E-state index >= 15 is 0 Å². The Balaban J connectivity index is 3.50. The number of hydrogen-bond acceptors (Lipinski definition) is 4. The molecule has 0 aromatic heterocycles. The first-order valence-corrected chi connectivity index (χ1v) is 10.2. The van der Waals surface area contributed by atoms with E-state index in [0.29, 0.717) is 6.42 Å².